The maximum absolute atomic E-state index is 12.3. The van der Waals surface area contributed by atoms with E-state index in [4.69, 9.17) is 9.47 Å². The summed E-state index contributed by atoms with van der Waals surface area (Å²) in [6, 6.07) is 25.1. The van der Waals surface area contributed by atoms with Crippen molar-refractivity contribution in [2.75, 3.05) is 19.9 Å². The molecule has 4 rings (SSSR count). The monoisotopic (exact) mass is 460 g/mol. The molecule has 1 amide bonds. The van der Waals surface area contributed by atoms with Crippen LogP contribution in [0.15, 0.2) is 78.9 Å². The van der Waals surface area contributed by atoms with Crippen molar-refractivity contribution in [3.63, 3.8) is 0 Å². The van der Waals surface area contributed by atoms with Crippen molar-refractivity contribution >= 4 is 12.1 Å². The number of aliphatic carboxylic acids is 1. The summed E-state index contributed by atoms with van der Waals surface area (Å²) in [7, 11) is 0. The third kappa shape index (κ3) is 5.81. The van der Waals surface area contributed by atoms with Crippen LogP contribution >= 0.6 is 0 Å². The zero-order chi connectivity index (χ0) is 23.8. The number of amides is 1. The van der Waals surface area contributed by atoms with Crippen molar-refractivity contribution in [1.29, 1.82) is 0 Å². The standard InChI is InChI=1S/C27H28N2O5/c30-26(31)25(29-18-33-16-19-8-2-1-3-9-19)14-15-28-27(32)34-17-24-22-12-6-4-10-20(22)21-11-5-7-13-23(21)24/h1-13,24-25,29H,14-18H2,(H,28,32)(H,30,31)/t25-/m0/s1. The molecule has 34 heavy (non-hydrogen) atoms. The highest BCUT2D eigenvalue weighted by molar-refractivity contribution is 5.79. The van der Waals surface area contributed by atoms with Gasteiger partial charge in [0.15, 0.2) is 0 Å². The number of rotatable bonds is 11. The molecule has 1 aliphatic rings. The second-order valence-corrected chi connectivity index (χ2v) is 8.11. The van der Waals surface area contributed by atoms with Crippen LogP contribution in [0.25, 0.3) is 11.1 Å². The SMILES string of the molecule is O=C(NCC[C@H](NCOCc1ccccc1)C(=O)O)OCC1c2ccccc2-c2ccccc21. The summed E-state index contributed by atoms with van der Waals surface area (Å²) in [4.78, 5) is 23.8. The van der Waals surface area contributed by atoms with Gasteiger partial charge in [-0.2, -0.15) is 0 Å². The molecule has 0 fully saturated rings. The van der Waals surface area contributed by atoms with E-state index in [0.717, 1.165) is 27.8 Å². The fourth-order valence-corrected chi connectivity index (χ4v) is 4.18. The number of fused-ring (bicyclic) bond motifs is 3. The van der Waals surface area contributed by atoms with Gasteiger partial charge in [-0.15, -0.1) is 0 Å². The number of hydrogen-bond acceptors (Lipinski definition) is 5. The van der Waals surface area contributed by atoms with Crippen molar-refractivity contribution in [2.45, 2.75) is 25.0 Å². The summed E-state index contributed by atoms with van der Waals surface area (Å²) < 4.78 is 11.0. The fraction of sp³-hybridized carbons (Fsp3) is 0.259. The molecule has 7 heteroatoms. The van der Waals surface area contributed by atoms with Crippen LogP contribution in [-0.2, 0) is 20.9 Å². The molecule has 1 aliphatic carbocycles. The Labute approximate surface area is 198 Å². The lowest BCUT2D eigenvalue weighted by Crippen LogP contribution is -2.41. The van der Waals surface area contributed by atoms with E-state index in [1.165, 1.54) is 0 Å². The highest BCUT2D eigenvalue weighted by atomic mass is 16.5. The third-order valence-corrected chi connectivity index (χ3v) is 5.89. The molecule has 1 atom stereocenters. The van der Waals surface area contributed by atoms with E-state index in [9.17, 15) is 14.7 Å². The number of carbonyl (C=O) groups is 2. The van der Waals surface area contributed by atoms with Gasteiger partial charge in [0.05, 0.1) is 13.3 Å². The molecule has 0 unspecified atom stereocenters. The summed E-state index contributed by atoms with van der Waals surface area (Å²) in [5.74, 6) is -1.02. The van der Waals surface area contributed by atoms with E-state index >= 15 is 0 Å². The zero-order valence-electron chi connectivity index (χ0n) is 18.8. The minimum absolute atomic E-state index is 0.0200. The van der Waals surface area contributed by atoms with E-state index in [0.29, 0.717) is 6.61 Å². The first-order valence-electron chi connectivity index (χ1n) is 11.3. The van der Waals surface area contributed by atoms with Gasteiger partial charge >= 0.3 is 12.1 Å². The molecule has 0 heterocycles. The van der Waals surface area contributed by atoms with Crippen LogP contribution in [0.5, 0.6) is 0 Å². The van der Waals surface area contributed by atoms with Crippen molar-refractivity contribution in [2.24, 2.45) is 0 Å². The van der Waals surface area contributed by atoms with Gasteiger partial charge in [0, 0.05) is 12.5 Å². The second kappa shape index (κ2) is 11.4. The lowest BCUT2D eigenvalue weighted by Gasteiger charge is -2.16. The maximum Gasteiger partial charge on any atom is 0.407 e. The molecule has 3 aromatic carbocycles. The largest absolute Gasteiger partial charge is 0.480 e. The second-order valence-electron chi connectivity index (χ2n) is 8.11. The maximum atomic E-state index is 12.3. The molecule has 3 N–H and O–H groups in total. The van der Waals surface area contributed by atoms with Crippen LogP contribution in [-0.4, -0.2) is 43.1 Å². The van der Waals surface area contributed by atoms with Crippen molar-refractivity contribution in [1.82, 2.24) is 10.6 Å². The topological polar surface area (TPSA) is 96.9 Å². The smallest absolute Gasteiger partial charge is 0.407 e. The van der Waals surface area contributed by atoms with Crippen molar-refractivity contribution in [3.05, 3.63) is 95.6 Å². The van der Waals surface area contributed by atoms with Crippen molar-refractivity contribution in [3.8, 4) is 11.1 Å². The number of alkyl carbamates (subject to hydrolysis) is 1. The van der Waals surface area contributed by atoms with Crippen LogP contribution < -0.4 is 10.6 Å². The Morgan fingerprint density at radius 3 is 2.15 bits per heavy atom. The summed E-state index contributed by atoms with van der Waals surface area (Å²) in [5.41, 5.74) is 5.62. The molecule has 0 saturated heterocycles. The lowest BCUT2D eigenvalue weighted by atomic mass is 9.98. The van der Waals surface area contributed by atoms with Gasteiger partial charge in [-0.3, -0.25) is 10.1 Å². The molecule has 0 radical (unpaired) electrons. The average molecular weight is 461 g/mol. The van der Waals surface area contributed by atoms with Crippen LogP contribution in [0.2, 0.25) is 0 Å². The first-order chi connectivity index (χ1) is 16.6. The Kier molecular flexibility index (Phi) is 7.91. The fourth-order valence-electron chi connectivity index (χ4n) is 4.18. The average Bonchev–Trinajstić information content (AvgIpc) is 3.18. The first-order valence-corrected chi connectivity index (χ1v) is 11.3. The number of carboxylic acids is 1. The number of benzene rings is 3. The van der Waals surface area contributed by atoms with Gasteiger partial charge in [-0.1, -0.05) is 78.9 Å². The highest BCUT2D eigenvalue weighted by Crippen LogP contribution is 2.44. The van der Waals surface area contributed by atoms with Gasteiger partial charge in [0.2, 0.25) is 0 Å². The quantitative estimate of drug-likeness (QED) is 0.294. The molecular formula is C27H28N2O5. The Morgan fingerprint density at radius 2 is 1.50 bits per heavy atom. The molecule has 0 saturated carbocycles. The Balaban J connectivity index is 1.20. The number of carbonyl (C=O) groups excluding carboxylic acids is 1. The number of nitrogens with one attached hydrogen (secondary N) is 2. The molecule has 0 aromatic heterocycles. The first kappa shape index (κ1) is 23.5. The van der Waals surface area contributed by atoms with Gasteiger partial charge in [-0.05, 0) is 34.2 Å². The zero-order valence-corrected chi connectivity index (χ0v) is 18.8. The number of carboxylic acid groups (broad SMARTS) is 1. The Hall–Kier alpha value is -3.68. The van der Waals surface area contributed by atoms with Gasteiger partial charge in [0.1, 0.15) is 12.6 Å². The van der Waals surface area contributed by atoms with Crippen LogP contribution in [0, 0.1) is 0 Å². The minimum Gasteiger partial charge on any atom is -0.480 e. The van der Waals surface area contributed by atoms with E-state index < -0.39 is 18.1 Å². The van der Waals surface area contributed by atoms with E-state index in [1.807, 2.05) is 54.6 Å². The molecular weight excluding hydrogens is 432 g/mol. The van der Waals surface area contributed by atoms with Gasteiger partial charge in [-0.25, -0.2) is 4.79 Å². The summed E-state index contributed by atoms with van der Waals surface area (Å²) in [6.45, 7) is 0.863. The third-order valence-electron chi connectivity index (χ3n) is 5.89. The van der Waals surface area contributed by atoms with E-state index in [2.05, 4.69) is 34.9 Å². The van der Waals surface area contributed by atoms with Gasteiger partial charge < -0.3 is 19.9 Å². The molecule has 3 aromatic rings. The Bertz CT molecular complexity index is 1070. The molecule has 0 aliphatic heterocycles. The molecule has 0 spiro atoms. The van der Waals surface area contributed by atoms with Crippen LogP contribution in [0.4, 0.5) is 4.79 Å². The Morgan fingerprint density at radius 1 is 0.882 bits per heavy atom. The van der Waals surface area contributed by atoms with Gasteiger partial charge in [0.25, 0.3) is 0 Å². The van der Waals surface area contributed by atoms with Crippen molar-refractivity contribution < 1.29 is 24.2 Å². The normalized spacial score (nSPS) is 13.1. The summed E-state index contributed by atoms with van der Waals surface area (Å²) in [6.07, 6.45) is -0.361. The van der Waals surface area contributed by atoms with Crippen LogP contribution in [0.1, 0.15) is 29.0 Å². The number of hydrogen-bond donors (Lipinski definition) is 3. The molecule has 176 valence electrons. The molecule has 0 bridgehead atoms. The summed E-state index contributed by atoms with van der Waals surface area (Å²) in [5, 5.41) is 14.9. The van der Waals surface area contributed by atoms with Crippen LogP contribution in [0.3, 0.4) is 0 Å². The lowest BCUT2D eigenvalue weighted by molar-refractivity contribution is -0.140. The summed E-state index contributed by atoms with van der Waals surface area (Å²) >= 11 is 0. The predicted molar refractivity (Wildman–Crippen MR) is 128 cm³/mol. The molecule has 7 nitrogen and oxygen atoms in total. The predicted octanol–water partition coefficient (Wildman–Crippen LogP) is 4.13. The highest BCUT2D eigenvalue weighted by Gasteiger charge is 2.29. The van der Waals surface area contributed by atoms with E-state index in [1.54, 1.807) is 0 Å². The minimum atomic E-state index is -1.00. The van der Waals surface area contributed by atoms with E-state index in [-0.39, 0.29) is 32.2 Å². The number of ether oxygens (including phenoxy) is 2.